The van der Waals surface area contributed by atoms with E-state index in [9.17, 15) is 24.8 Å². The normalized spacial score (nSPS) is 19.5. The predicted molar refractivity (Wildman–Crippen MR) is 152 cm³/mol. The number of amides is 1. The van der Waals surface area contributed by atoms with Gasteiger partial charge in [0.15, 0.2) is 14.9 Å². The van der Waals surface area contributed by atoms with E-state index in [2.05, 4.69) is 68.3 Å². The van der Waals surface area contributed by atoms with Crippen LogP contribution in [0.2, 0.25) is 18.1 Å². The molecule has 3 rings (SSSR count). The van der Waals surface area contributed by atoms with Gasteiger partial charge in [-0.25, -0.2) is 0 Å². The number of carbonyl (C=O) groups is 1. The zero-order valence-corrected chi connectivity index (χ0v) is 24.9. The van der Waals surface area contributed by atoms with Crippen LogP contribution in [-0.4, -0.2) is 65.9 Å². The fourth-order valence-electron chi connectivity index (χ4n) is 3.86. The second-order valence-corrected chi connectivity index (χ2v) is 16.3. The minimum absolute atomic E-state index is 0.0834. The molecule has 4 N–H and O–H groups in total. The molecule has 0 aliphatic carbocycles. The number of nitro groups is 1. The molecule has 40 heavy (non-hydrogen) atoms. The lowest BCUT2D eigenvalue weighted by molar-refractivity contribution is -0.385. The first-order chi connectivity index (χ1) is 18.6. The number of carbonyl (C=O) groups excluding carboxylic acids is 1. The lowest BCUT2D eigenvalue weighted by atomic mass is 10.0. The lowest BCUT2D eigenvalue weighted by Crippen LogP contribution is -2.46. The minimum atomic E-state index is -2.21. The second kappa shape index (κ2) is 12.5. The van der Waals surface area contributed by atoms with Crippen LogP contribution in [-0.2, 0) is 14.0 Å². The Bertz CT molecular complexity index is 1260. The monoisotopic (exact) mass is 577 g/mol. The van der Waals surface area contributed by atoms with Crippen LogP contribution in [0.15, 0.2) is 29.1 Å². The number of nitrogens with one attached hydrogen (secondary N) is 3. The van der Waals surface area contributed by atoms with E-state index in [0.717, 1.165) is 5.56 Å². The van der Waals surface area contributed by atoms with E-state index in [1.807, 2.05) is 12.1 Å². The van der Waals surface area contributed by atoms with E-state index in [-0.39, 0.29) is 36.4 Å². The molecule has 1 amide bonds. The van der Waals surface area contributed by atoms with E-state index in [0.29, 0.717) is 11.7 Å². The van der Waals surface area contributed by atoms with E-state index in [1.165, 1.54) is 0 Å². The fraction of sp³-hybridized carbons (Fsp3) is 0.577. The number of aliphatic hydroxyl groups excluding tert-OH is 1. The van der Waals surface area contributed by atoms with Gasteiger partial charge in [0.25, 0.3) is 5.91 Å². The van der Waals surface area contributed by atoms with Crippen molar-refractivity contribution in [2.75, 3.05) is 23.8 Å². The van der Waals surface area contributed by atoms with Crippen molar-refractivity contribution in [1.29, 1.82) is 0 Å². The zero-order valence-electron chi connectivity index (χ0n) is 23.9. The summed E-state index contributed by atoms with van der Waals surface area (Å²) in [6, 6.07) is 7.30. The molecule has 14 heteroatoms. The summed E-state index contributed by atoms with van der Waals surface area (Å²) < 4.78 is 17.8. The zero-order chi connectivity index (χ0) is 29.8. The summed E-state index contributed by atoms with van der Waals surface area (Å²) in [4.78, 5) is 42.1. The Morgan fingerprint density at radius 3 is 2.50 bits per heavy atom. The molecule has 1 aromatic heterocycles. The molecule has 0 saturated carbocycles. The molecule has 2 aromatic rings. The number of anilines is 2. The minimum Gasteiger partial charge on any atom is -0.484 e. The molecule has 3 atom stereocenters. The van der Waals surface area contributed by atoms with Gasteiger partial charge in [0, 0.05) is 6.42 Å². The maximum atomic E-state index is 12.5. The maximum absolute atomic E-state index is 12.5. The van der Waals surface area contributed by atoms with E-state index >= 15 is 0 Å². The van der Waals surface area contributed by atoms with Crippen LogP contribution in [0.3, 0.4) is 0 Å². The number of H-pyrrole nitrogens is 1. The molecule has 0 spiro atoms. The van der Waals surface area contributed by atoms with Gasteiger partial charge in [-0.15, -0.1) is 0 Å². The Morgan fingerprint density at radius 1 is 1.30 bits per heavy atom. The highest BCUT2D eigenvalue weighted by molar-refractivity contribution is 6.74. The molecule has 0 radical (unpaired) electrons. The molecular formula is C26H39N5O8Si. The van der Waals surface area contributed by atoms with Crippen molar-refractivity contribution in [2.45, 2.75) is 83.5 Å². The summed E-state index contributed by atoms with van der Waals surface area (Å²) >= 11 is 0. The highest BCUT2D eigenvalue weighted by Crippen LogP contribution is 2.39. The predicted octanol–water partition coefficient (Wildman–Crippen LogP) is 3.73. The Kier molecular flexibility index (Phi) is 9.71. The molecule has 1 aliphatic rings. The number of aromatic nitrogens is 2. The smallest absolute Gasteiger partial charge is 0.375 e. The van der Waals surface area contributed by atoms with Crippen LogP contribution in [0.25, 0.3) is 0 Å². The molecule has 1 saturated heterocycles. The van der Waals surface area contributed by atoms with Crippen molar-refractivity contribution in [3.63, 3.8) is 0 Å². The number of benzene rings is 1. The number of rotatable bonds is 11. The number of hydrogen-bond acceptors (Lipinski definition) is 10. The Labute approximate surface area is 233 Å². The Morgan fingerprint density at radius 2 is 1.95 bits per heavy atom. The van der Waals surface area contributed by atoms with Crippen LogP contribution in [0.1, 0.15) is 52.5 Å². The lowest BCUT2D eigenvalue weighted by Gasteiger charge is -2.39. The Balaban J connectivity index is 1.72. The van der Waals surface area contributed by atoms with Gasteiger partial charge in [-0.2, -0.15) is 4.98 Å². The van der Waals surface area contributed by atoms with E-state index < -0.39 is 48.8 Å². The highest BCUT2D eigenvalue weighted by Gasteiger charge is 2.45. The van der Waals surface area contributed by atoms with Gasteiger partial charge in [0.2, 0.25) is 11.8 Å². The topological polar surface area (TPSA) is 178 Å². The summed E-state index contributed by atoms with van der Waals surface area (Å²) in [7, 11) is -2.21. The molecule has 220 valence electrons. The number of aliphatic hydroxyl groups is 1. The first-order valence-corrected chi connectivity index (χ1v) is 16.0. The molecule has 1 aromatic carbocycles. The van der Waals surface area contributed by atoms with Crippen LogP contribution >= 0.6 is 0 Å². The van der Waals surface area contributed by atoms with Crippen molar-refractivity contribution >= 4 is 31.7 Å². The van der Waals surface area contributed by atoms with Crippen LogP contribution in [0.4, 0.5) is 17.5 Å². The number of ether oxygens (including phenoxy) is 2. The molecule has 1 fully saturated rings. The summed E-state index contributed by atoms with van der Waals surface area (Å²) in [5.74, 6) is -0.476. The van der Waals surface area contributed by atoms with E-state index in [1.54, 1.807) is 12.1 Å². The molecule has 1 aliphatic heterocycles. The highest BCUT2D eigenvalue weighted by atomic mass is 28.4. The summed E-state index contributed by atoms with van der Waals surface area (Å²) in [5.41, 5.74) is -0.773. The van der Waals surface area contributed by atoms with Crippen molar-refractivity contribution < 1.29 is 28.7 Å². The third kappa shape index (κ3) is 7.65. The Hall–Kier alpha value is -3.33. The second-order valence-electron chi connectivity index (χ2n) is 11.6. The summed E-state index contributed by atoms with van der Waals surface area (Å²) in [5, 5.41) is 26.6. The fourth-order valence-corrected chi connectivity index (χ4v) is 5.22. The first kappa shape index (κ1) is 31.2. The van der Waals surface area contributed by atoms with Crippen LogP contribution in [0, 0.1) is 10.1 Å². The quantitative estimate of drug-likeness (QED) is 0.175. The maximum Gasteiger partial charge on any atom is 0.375 e. The van der Waals surface area contributed by atoms with Crippen LogP contribution in [0.5, 0.6) is 5.75 Å². The number of hydrogen-bond donors (Lipinski definition) is 4. The van der Waals surface area contributed by atoms with Gasteiger partial charge in [0.05, 0.1) is 17.6 Å². The van der Waals surface area contributed by atoms with Gasteiger partial charge in [-0.3, -0.25) is 30.0 Å². The number of aromatic amines is 1. The average molecular weight is 578 g/mol. The van der Waals surface area contributed by atoms with Gasteiger partial charge < -0.3 is 24.3 Å². The number of nitrogens with zero attached hydrogens (tertiary/aromatic N) is 2. The van der Waals surface area contributed by atoms with Crippen molar-refractivity contribution in [3.8, 4) is 5.75 Å². The van der Waals surface area contributed by atoms with Crippen molar-refractivity contribution in [3.05, 3.63) is 50.3 Å². The molecule has 0 bridgehead atoms. The van der Waals surface area contributed by atoms with Gasteiger partial charge in [-0.1, -0.05) is 46.8 Å². The molecule has 0 unspecified atom stereocenters. The average Bonchev–Trinajstić information content (AvgIpc) is 3.22. The van der Waals surface area contributed by atoms with Crippen molar-refractivity contribution in [2.24, 2.45) is 0 Å². The molecular weight excluding hydrogens is 538 g/mol. The SMILES string of the molecule is CC(C)c1ccc(OCC(=O)Nc2nc(N[C@@H]3C[C@H](O[Si](C)(C)C(C)(C)C)[C@@H](CO)O3)c([N+](=O)[O-])c(=O)[nH]2)cc1. The summed E-state index contributed by atoms with van der Waals surface area (Å²) in [6.07, 6.45) is -1.70. The molecule has 13 nitrogen and oxygen atoms in total. The standard InChI is InChI=1S/C26H39N5O8Si/c1-15(2)16-8-10-17(11-9-16)37-14-20(33)27-25-29-23(22(31(35)36)24(34)30-25)28-21-12-18(19(13-32)38-21)39-40(6,7)26(3,4)5/h8-11,15,18-19,21,32H,12-14H2,1-7H3,(H3,27,28,29,30,33,34)/t18-,19+,21-/m0/s1. The van der Waals surface area contributed by atoms with Crippen molar-refractivity contribution in [1.82, 2.24) is 9.97 Å². The summed E-state index contributed by atoms with van der Waals surface area (Å²) in [6.45, 7) is 13.9. The largest absolute Gasteiger partial charge is 0.484 e. The van der Waals surface area contributed by atoms with Crippen LogP contribution < -0.4 is 20.9 Å². The first-order valence-electron chi connectivity index (χ1n) is 13.1. The third-order valence-corrected chi connectivity index (χ3v) is 11.7. The van der Waals surface area contributed by atoms with Gasteiger partial charge in [-0.05, 0) is 41.7 Å². The van der Waals surface area contributed by atoms with Gasteiger partial charge in [0.1, 0.15) is 18.1 Å². The van der Waals surface area contributed by atoms with Gasteiger partial charge >= 0.3 is 11.2 Å². The third-order valence-electron chi connectivity index (χ3n) is 7.18. The van der Waals surface area contributed by atoms with E-state index in [4.69, 9.17) is 13.9 Å². The molecule has 2 heterocycles.